The van der Waals surface area contributed by atoms with Gasteiger partial charge in [0, 0.05) is 44.3 Å². The molecule has 17 heteroatoms. The van der Waals surface area contributed by atoms with Gasteiger partial charge in [0.05, 0.1) is 56.1 Å². The quantitative estimate of drug-likeness (QED) is 0.154. The molecule has 0 spiro atoms. The van der Waals surface area contributed by atoms with E-state index in [1.807, 2.05) is 0 Å². The molecule has 0 radical (unpaired) electrons. The summed E-state index contributed by atoms with van der Waals surface area (Å²) in [7, 11) is 0. The number of hydrogen-bond donors (Lipinski definition) is 3. The third-order valence-corrected chi connectivity index (χ3v) is 11.7. The molecule has 2 aliphatic heterocycles. The molecule has 3 N–H and O–H groups in total. The first-order chi connectivity index (χ1) is 32.7. The van der Waals surface area contributed by atoms with Crippen molar-refractivity contribution in [1.29, 1.82) is 0 Å². The van der Waals surface area contributed by atoms with Crippen LogP contribution >= 0.6 is 0 Å². The molecule has 0 fully saturated rings. The molecule has 10 bridgehead atoms. The number of nitrogens with zero attached hydrogens (tertiary/aromatic N) is 2. The monoisotopic (exact) mass is 951 g/mol. The topological polar surface area (TPSA) is 73.2 Å². The SMILES string of the molecule is FC(F)(F)c1ccc(-c2c3nc(c(-c4ccc(C(F)(F)F)cc4)c4ccc([nH]4)c4ccc([nH]4)c(-c4ccc(C(F)(F)F)cc4)c4nc(c(-c5ccc(C(F)(F)F)cc5)c5ccc2[nH]5)C=C4)C=C3)cc1. The van der Waals surface area contributed by atoms with Crippen molar-refractivity contribution in [2.24, 2.45) is 0 Å². The van der Waals surface area contributed by atoms with E-state index in [1.54, 1.807) is 60.7 Å². The van der Waals surface area contributed by atoms with E-state index in [-0.39, 0.29) is 45.0 Å². The molecule has 6 heterocycles. The molecule has 0 saturated heterocycles. The maximum Gasteiger partial charge on any atom is 0.416 e. The van der Waals surface area contributed by atoms with Gasteiger partial charge in [-0.3, -0.25) is 0 Å². The Labute approximate surface area is 381 Å². The highest BCUT2D eigenvalue weighted by Gasteiger charge is 2.33. The van der Waals surface area contributed by atoms with Crippen LogP contribution in [0.2, 0.25) is 0 Å². The third-order valence-electron chi connectivity index (χ3n) is 11.7. The van der Waals surface area contributed by atoms with Crippen LogP contribution in [0.15, 0.2) is 133 Å². The Morgan fingerprint density at radius 2 is 0.435 bits per heavy atom. The molecular formula is C52H29F12N5. The zero-order valence-electron chi connectivity index (χ0n) is 34.9. The van der Waals surface area contributed by atoms with Gasteiger partial charge in [-0.1, -0.05) is 48.5 Å². The maximum atomic E-state index is 13.8. The summed E-state index contributed by atoms with van der Waals surface area (Å²) < 4.78 is 166. The molecule has 0 aliphatic carbocycles. The minimum atomic E-state index is -4.67. The van der Waals surface area contributed by atoms with E-state index in [2.05, 4.69) is 15.0 Å². The normalized spacial score (nSPS) is 13.1. The summed E-state index contributed by atoms with van der Waals surface area (Å²) in [6, 6.07) is 27.5. The highest BCUT2D eigenvalue weighted by atomic mass is 19.4. The van der Waals surface area contributed by atoms with Gasteiger partial charge in [0.1, 0.15) is 0 Å². The molecule has 5 nitrogen and oxygen atoms in total. The van der Waals surface area contributed by atoms with Crippen LogP contribution < -0.4 is 0 Å². The molecule has 8 aromatic rings. The molecule has 69 heavy (non-hydrogen) atoms. The summed E-state index contributed by atoms with van der Waals surface area (Å²) >= 11 is 0. The fourth-order valence-electron chi connectivity index (χ4n) is 8.43. The van der Waals surface area contributed by atoms with Gasteiger partial charge in [-0.25, -0.2) is 9.97 Å². The highest BCUT2D eigenvalue weighted by molar-refractivity contribution is 5.99. The predicted octanol–water partition coefficient (Wildman–Crippen LogP) is 16.4. The van der Waals surface area contributed by atoms with Crippen LogP contribution in [0.25, 0.3) is 102 Å². The third kappa shape index (κ3) is 8.60. The number of fused-ring (bicyclic) bond motifs is 11. The first-order valence-electron chi connectivity index (χ1n) is 20.8. The molecule has 2 aliphatic rings. The second-order valence-corrected chi connectivity index (χ2v) is 16.1. The van der Waals surface area contributed by atoms with Crippen molar-refractivity contribution in [3.63, 3.8) is 0 Å². The Kier molecular flexibility index (Phi) is 10.6. The number of nitrogens with one attached hydrogen (secondary N) is 3. The fourth-order valence-corrected chi connectivity index (χ4v) is 8.43. The van der Waals surface area contributed by atoms with Crippen LogP contribution in [-0.2, 0) is 24.7 Å². The minimum absolute atomic E-state index is 0.238. The molecule has 0 saturated carbocycles. The summed E-state index contributed by atoms with van der Waals surface area (Å²) in [5, 5.41) is 0. The lowest BCUT2D eigenvalue weighted by molar-refractivity contribution is -0.138. The summed E-state index contributed by atoms with van der Waals surface area (Å²) in [6.07, 6.45) is -12.2. The van der Waals surface area contributed by atoms with Gasteiger partial charge in [0.2, 0.25) is 0 Å². The average molecular weight is 952 g/mol. The Morgan fingerprint density at radius 1 is 0.246 bits per heavy atom. The summed E-state index contributed by atoms with van der Waals surface area (Å²) in [5.74, 6) is 0. The number of benzene rings is 4. The molecular weight excluding hydrogens is 923 g/mol. The Bertz CT molecular complexity index is 3330. The van der Waals surface area contributed by atoms with Crippen molar-refractivity contribution in [3.8, 4) is 44.5 Å². The van der Waals surface area contributed by atoms with Gasteiger partial charge in [-0.15, -0.1) is 0 Å². The van der Waals surface area contributed by atoms with E-state index in [0.717, 1.165) is 48.5 Å². The summed E-state index contributed by atoms with van der Waals surface area (Å²) in [4.78, 5) is 19.8. The number of rotatable bonds is 4. The first kappa shape index (κ1) is 44.7. The molecule has 4 aromatic carbocycles. The lowest BCUT2D eigenvalue weighted by Gasteiger charge is -2.10. The van der Waals surface area contributed by atoms with Crippen LogP contribution in [0, 0.1) is 0 Å². The average Bonchev–Trinajstić information content (AvgIpc) is 4.17. The van der Waals surface area contributed by atoms with E-state index < -0.39 is 47.0 Å². The van der Waals surface area contributed by atoms with Gasteiger partial charge in [-0.2, -0.15) is 52.7 Å². The maximum absolute atomic E-state index is 13.8. The molecule has 0 unspecified atom stereocenters. The van der Waals surface area contributed by atoms with Crippen molar-refractivity contribution < 1.29 is 52.7 Å². The van der Waals surface area contributed by atoms with Crippen LogP contribution in [0.4, 0.5) is 52.7 Å². The van der Waals surface area contributed by atoms with Crippen LogP contribution in [0.1, 0.15) is 45.0 Å². The van der Waals surface area contributed by atoms with E-state index in [1.165, 1.54) is 48.5 Å². The predicted molar refractivity (Wildman–Crippen MR) is 241 cm³/mol. The lowest BCUT2D eigenvalue weighted by Crippen LogP contribution is -2.04. The number of H-pyrrole nitrogens is 3. The van der Waals surface area contributed by atoms with Crippen molar-refractivity contribution >= 4 is 57.4 Å². The van der Waals surface area contributed by atoms with E-state index in [0.29, 0.717) is 55.4 Å². The molecule has 0 amide bonds. The Balaban J connectivity index is 1.34. The van der Waals surface area contributed by atoms with Crippen molar-refractivity contribution in [2.75, 3.05) is 0 Å². The molecule has 0 atom stereocenters. The van der Waals surface area contributed by atoms with Gasteiger partial charge >= 0.3 is 24.7 Å². The second-order valence-electron chi connectivity index (χ2n) is 16.1. The van der Waals surface area contributed by atoms with Crippen LogP contribution in [0.3, 0.4) is 0 Å². The number of halogens is 12. The Morgan fingerprint density at radius 3 is 0.638 bits per heavy atom. The zero-order valence-corrected chi connectivity index (χ0v) is 34.9. The first-order valence-corrected chi connectivity index (χ1v) is 20.8. The van der Waals surface area contributed by atoms with Crippen molar-refractivity contribution in [2.45, 2.75) is 24.7 Å². The van der Waals surface area contributed by atoms with E-state index in [4.69, 9.17) is 9.97 Å². The molecule has 10 rings (SSSR count). The van der Waals surface area contributed by atoms with Crippen LogP contribution in [-0.4, -0.2) is 24.9 Å². The van der Waals surface area contributed by atoms with E-state index in [9.17, 15) is 52.7 Å². The molecule has 346 valence electrons. The second kappa shape index (κ2) is 16.3. The fraction of sp³-hybridized carbons (Fsp3) is 0.0769. The number of alkyl halides is 12. The highest BCUT2D eigenvalue weighted by Crippen LogP contribution is 2.41. The number of aromatic amines is 3. The minimum Gasteiger partial charge on any atom is -0.354 e. The van der Waals surface area contributed by atoms with Crippen LogP contribution in [0.5, 0.6) is 0 Å². The smallest absolute Gasteiger partial charge is 0.354 e. The zero-order chi connectivity index (χ0) is 48.6. The van der Waals surface area contributed by atoms with Crippen molar-refractivity contribution in [1.82, 2.24) is 24.9 Å². The number of hydrogen-bond acceptors (Lipinski definition) is 2. The van der Waals surface area contributed by atoms with Gasteiger partial charge in [0.15, 0.2) is 0 Å². The van der Waals surface area contributed by atoms with Gasteiger partial charge in [0.25, 0.3) is 0 Å². The number of aromatic nitrogens is 5. The van der Waals surface area contributed by atoms with Gasteiger partial charge < -0.3 is 15.0 Å². The summed E-state index contributed by atoms with van der Waals surface area (Å²) in [6.45, 7) is 0. The molecule has 4 aromatic heterocycles. The van der Waals surface area contributed by atoms with Gasteiger partial charge in [-0.05, 0) is 131 Å². The lowest BCUT2D eigenvalue weighted by atomic mass is 10.0. The largest absolute Gasteiger partial charge is 0.416 e. The summed E-state index contributed by atoms with van der Waals surface area (Å²) in [5.41, 5.74) is 2.23. The standard InChI is InChI=1S/C52H29F12N5/c53-49(54,55)31-9-1-27(2-10-31)45-37-19-17-35(65-37)36-18-20-38(66-36)46(28-3-11-32(12-4-28)50(56,57)58)40-22-24-42(68-40)48(30-7-15-34(16-8-30)52(62,63)64)44-26-25-43(69-44)47(41-23-21-39(45)67-41)29-5-13-33(14-6-29)51(59,60)61/h1-26,65-66,69H. The van der Waals surface area contributed by atoms with Crippen molar-refractivity contribution in [3.05, 3.63) is 178 Å². The Hall–Kier alpha value is -8.08. The van der Waals surface area contributed by atoms with E-state index >= 15 is 0 Å².